The van der Waals surface area contributed by atoms with Gasteiger partial charge in [-0.2, -0.15) is 0 Å². The summed E-state index contributed by atoms with van der Waals surface area (Å²) in [6.07, 6.45) is 0. The molecule has 0 unspecified atom stereocenters. The maximum absolute atomic E-state index is 12.1. The van der Waals surface area contributed by atoms with Crippen molar-refractivity contribution in [1.29, 1.82) is 0 Å². The summed E-state index contributed by atoms with van der Waals surface area (Å²) in [6, 6.07) is 14.8. The standard InChI is InChI=1S/C19H18N2O4S/c1-23-14-7-5-6-13(10-14)15-12-26-19(20-15)21-18(22)11-25-17-9-4-3-8-16(17)24-2/h3-10,12H,11H2,1-2H3,(H,20,21,22). The van der Waals surface area contributed by atoms with Crippen molar-refractivity contribution in [3.63, 3.8) is 0 Å². The summed E-state index contributed by atoms with van der Waals surface area (Å²) in [5, 5.41) is 5.13. The first kappa shape index (κ1) is 17.8. The number of methoxy groups -OCH3 is 2. The van der Waals surface area contributed by atoms with E-state index < -0.39 is 0 Å². The van der Waals surface area contributed by atoms with Gasteiger partial charge in [-0.25, -0.2) is 4.98 Å². The Labute approximate surface area is 155 Å². The molecule has 1 amide bonds. The lowest BCUT2D eigenvalue weighted by molar-refractivity contribution is -0.118. The lowest BCUT2D eigenvalue weighted by atomic mass is 10.2. The molecule has 0 atom stereocenters. The largest absolute Gasteiger partial charge is 0.497 e. The molecule has 1 aromatic heterocycles. The second kappa shape index (κ2) is 8.35. The molecular weight excluding hydrogens is 352 g/mol. The SMILES string of the molecule is COc1cccc(-c2csc(NC(=O)COc3ccccc3OC)n2)c1. The van der Waals surface area contributed by atoms with Crippen LogP contribution < -0.4 is 19.5 Å². The average Bonchev–Trinajstić information content (AvgIpc) is 3.15. The number of carbonyl (C=O) groups excluding carboxylic acids is 1. The van der Waals surface area contributed by atoms with Gasteiger partial charge in [0.15, 0.2) is 23.2 Å². The van der Waals surface area contributed by atoms with Crippen molar-refractivity contribution in [2.24, 2.45) is 0 Å². The Hall–Kier alpha value is -3.06. The van der Waals surface area contributed by atoms with Crippen molar-refractivity contribution in [1.82, 2.24) is 4.98 Å². The van der Waals surface area contributed by atoms with Crippen molar-refractivity contribution in [2.45, 2.75) is 0 Å². The third kappa shape index (κ3) is 4.31. The van der Waals surface area contributed by atoms with Crippen LogP contribution in [0.2, 0.25) is 0 Å². The van der Waals surface area contributed by atoms with Crippen LogP contribution in [0.4, 0.5) is 5.13 Å². The first-order valence-electron chi connectivity index (χ1n) is 7.85. The monoisotopic (exact) mass is 370 g/mol. The van der Waals surface area contributed by atoms with Crippen LogP contribution in [0.15, 0.2) is 53.9 Å². The van der Waals surface area contributed by atoms with E-state index in [4.69, 9.17) is 14.2 Å². The second-order valence-corrected chi connectivity index (χ2v) is 6.12. The summed E-state index contributed by atoms with van der Waals surface area (Å²) in [6.45, 7) is -0.131. The number of nitrogens with one attached hydrogen (secondary N) is 1. The number of rotatable bonds is 7. The van der Waals surface area contributed by atoms with Gasteiger partial charge in [-0.1, -0.05) is 24.3 Å². The van der Waals surface area contributed by atoms with Gasteiger partial charge in [0, 0.05) is 10.9 Å². The van der Waals surface area contributed by atoms with Crippen LogP contribution in [0, 0.1) is 0 Å². The molecule has 134 valence electrons. The fraction of sp³-hybridized carbons (Fsp3) is 0.158. The maximum atomic E-state index is 12.1. The van der Waals surface area contributed by atoms with Crippen molar-refractivity contribution >= 4 is 22.4 Å². The Morgan fingerprint density at radius 2 is 1.88 bits per heavy atom. The number of benzene rings is 2. The van der Waals surface area contributed by atoms with E-state index in [1.807, 2.05) is 41.8 Å². The van der Waals surface area contributed by atoms with Gasteiger partial charge in [0.2, 0.25) is 0 Å². The predicted molar refractivity (Wildman–Crippen MR) is 101 cm³/mol. The number of ether oxygens (including phenoxy) is 3. The number of carbonyl (C=O) groups is 1. The first-order chi connectivity index (χ1) is 12.7. The van der Waals surface area contributed by atoms with Crippen LogP contribution in [0.5, 0.6) is 17.2 Å². The van der Waals surface area contributed by atoms with E-state index in [9.17, 15) is 4.79 Å². The molecule has 0 radical (unpaired) electrons. The molecule has 0 aliphatic rings. The Morgan fingerprint density at radius 1 is 1.08 bits per heavy atom. The third-order valence-corrected chi connectivity index (χ3v) is 4.30. The molecule has 0 bridgehead atoms. The smallest absolute Gasteiger partial charge is 0.264 e. The van der Waals surface area contributed by atoms with E-state index in [1.54, 1.807) is 26.4 Å². The van der Waals surface area contributed by atoms with Crippen molar-refractivity contribution in [3.05, 3.63) is 53.9 Å². The number of hydrogen-bond acceptors (Lipinski definition) is 6. The van der Waals surface area contributed by atoms with Crippen LogP contribution >= 0.6 is 11.3 Å². The molecule has 0 saturated heterocycles. The van der Waals surface area contributed by atoms with Crippen LogP contribution in [0.25, 0.3) is 11.3 Å². The number of thiazole rings is 1. The zero-order valence-electron chi connectivity index (χ0n) is 14.4. The number of hydrogen-bond donors (Lipinski definition) is 1. The van der Waals surface area contributed by atoms with E-state index in [0.717, 1.165) is 17.0 Å². The molecule has 26 heavy (non-hydrogen) atoms. The first-order valence-corrected chi connectivity index (χ1v) is 8.73. The molecule has 1 N–H and O–H groups in total. The summed E-state index contributed by atoms with van der Waals surface area (Å²) < 4.78 is 15.9. The normalized spacial score (nSPS) is 10.2. The molecule has 1 heterocycles. The highest BCUT2D eigenvalue weighted by Gasteiger charge is 2.10. The lowest BCUT2D eigenvalue weighted by Crippen LogP contribution is -2.20. The van der Waals surface area contributed by atoms with Crippen LogP contribution in [0.1, 0.15) is 0 Å². The summed E-state index contributed by atoms with van der Waals surface area (Å²) >= 11 is 1.35. The zero-order valence-corrected chi connectivity index (χ0v) is 15.2. The van der Waals surface area contributed by atoms with Gasteiger partial charge >= 0.3 is 0 Å². The molecule has 0 spiro atoms. The highest BCUT2D eigenvalue weighted by Crippen LogP contribution is 2.28. The molecule has 2 aromatic carbocycles. The van der Waals surface area contributed by atoms with Gasteiger partial charge in [0.05, 0.1) is 19.9 Å². The quantitative estimate of drug-likeness (QED) is 0.684. The van der Waals surface area contributed by atoms with Gasteiger partial charge in [-0.05, 0) is 24.3 Å². The summed E-state index contributed by atoms with van der Waals surface area (Å²) in [5.74, 6) is 1.56. The van der Waals surface area contributed by atoms with Gasteiger partial charge in [0.25, 0.3) is 5.91 Å². The minimum absolute atomic E-state index is 0.131. The van der Waals surface area contributed by atoms with Crippen molar-refractivity contribution in [2.75, 3.05) is 26.1 Å². The van der Waals surface area contributed by atoms with Gasteiger partial charge in [-0.3, -0.25) is 10.1 Å². The summed E-state index contributed by atoms with van der Waals surface area (Å²) in [5.41, 5.74) is 1.70. The summed E-state index contributed by atoms with van der Waals surface area (Å²) in [4.78, 5) is 16.5. The Morgan fingerprint density at radius 3 is 2.65 bits per heavy atom. The zero-order chi connectivity index (χ0) is 18.4. The number of amides is 1. The molecule has 7 heteroatoms. The van der Waals surface area contributed by atoms with Gasteiger partial charge in [-0.15, -0.1) is 11.3 Å². The third-order valence-electron chi connectivity index (χ3n) is 3.54. The molecule has 0 aliphatic carbocycles. The molecule has 0 aliphatic heterocycles. The molecule has 0 saturated carbocycles. The number of para-hydroxylation sites is 2. The van der Waals surface area contributed by atoms with Gasteiger partial charge < -0.3 is 14.2 Å². The second-order valence-electron chi connectivity index (χ2n) is 5.26. The van der Waals surface area contributed by atoms with Crippen molar-refractivity contribution in [3.8, 4) is 28.5 Å². The Balaban J connectivity index is 1.61. The molecule has 3 aromatic rings. The Bertz CT molecular complexity index is 895. The highest BCUT2D eigenvalue weighted by molar-refractivity contribution is 7.14. The van der Waals surface area contributed by atoms with Crippen molar-refractivity contribution < 1.29 is 19.0 Å². The van der Waals surface area contributed by atoms with E-state index in [0.29, 0.717) is 16.6 Å². The molecule has 3 rings (SSSR count). The fourth-order valence-electron chi connectivity index (χ4n) is 2.28. The average molecular weight is 370 g/mol. The minimum atomic E-state index is -0.289. The Kier molecular flexibility index (Phi) is 5.70. The van der Waals surface area contributed by atoms with Crippen LogP contribution in [0.3, 0.4) is 0 Å². The van der Waals surface area contributed by atoms with E-state index in [1.165, 1.54) is 11.3 Å². The predicted octanol–water partition coefficient (Wildman–Crippen LogP) is 3.84. The van der Waals surface area contributed by atoms with Gasteiger partial charge in [0.1, 0.15) is 5.75 Å². The number of aromatic nitrogens is 1. The van der Waals surface area contributed by atoms with E-state index in [-0.39, 0.29) is 12.5 Å². The molecular formula is C19H18N2O4S. The highest BCUT2D eigenvalue weighted by atomic mass is 32.1. The number of anilines is 1. The van der Waals surface area contributed by atoms with Crippen LogP contribution in [-0.2, 0) is 4.79 Å². The molecule has 6 nitrogen and oxygen atoms in total. The molecule has 0 fully saturated rings. The minimum Gasteiger partial charge on any atom is -0.497 e. The maximum Gasteiger partial charge on any atom is 0.264 e. The van der Waals surface area contributed by atoms with E-state index in [2.05, 4.69) is 10.3 Å². The number of nitrogens with zero attached hydrogens (tertiary/aromatic N) is 1. The summed E-state index contributed by atoms with van der Waals surface area (Å²) in [7, 11) is 3.17. The van der Waals surface area contributed by atoms with Crippen LogP contribution in [-0.4, -0.2) is 31.7 Å². The fourth-order valence-corrected chi connectivity index (χ4v) is 3.02. The lowest BCUT2D eigenvalue weighted by Gasteiger charge is -2.09. The topological polar surface area (TPSA) is 69.7 Å². The van der Waals surface area contributed by atoms with E-state index >= 15 is 0 Å².